The monoisotopic (exact) mass is 242 g/mol. The van der Waals surface area contributed by atoms with E-state index in [4.69, 9.17) is 16.2 Å². The van der Waals surface area contributed by atoms with Crippen LogP contribution in [0.15, 0.2) is 0 Å². The molecule has 1 fully saturated rings. The van der Waals surface area contributed by atoms with Crippen molar-refractivity contribution in [2.45, 2.75) is 64.1 Å². The van der Waals surface area contributed by atoms with Crippen LogP contribution in [0.3, 0.4) is 0 Å². The number of primary amides is 1. The number of amides is 1. The van der Waals surface area contributed by atoms with Gasteiger partial charge in [0.05, 0.1) is 5.60 Å². The molecule has 17 heavy (non-hydrogen) atoms. The maximum absolute atomic E-state index is 11.2. The third-order valence-electron chi connectivity index (χ3n) is 4.05. The van der Waals surface area contributed by atoms with Crippen molar-refractivity contribution in [2.75, 3.05) is 6.54 Å². The van der Waals surface area contributed by atoms with Gasteiger partial charge in [-0.1, -0.05) is 20.3 Å². The van der Waals surface area contributed by atoms with Gasteiger partial charge in [-0.2, -0.15) is 0 Å². The Morgan fingerprint density at radius 3 is 2.35 bits per heavy atom. The molecule has 1 unspecified atom stereocenters. The fourth-order valence-electron chi connectivity index (χ4n) is 2.63. The van der Waals surface area contributed by atoms with Crippen LogP contribution in [0.4, 0.5) is 0 Å². The molecule has 0 heterocycles. The van der Waals surface area contributed by atoms with E-state index in [1.807, 2.05) is 6.92 Å². The molecule has 1 aliphatic carbocycles. The minimum atomic E-state index is -0.489. The van der Waals surface area contributed by atoms with Crippen LogP contribution in [-0.2, 0) is 9.53 Å². The lowest BCUT2D eigenvalue weighted by Crippen LogP contribution is -2.49. The third-order valence-corrected chi connectivity index (χ3v) is 4.05. The second-order valence-corrected chi connectivity index (χ2v) is 5.16. The number of hydrogen-bond donors (Lipinski definition) is 2. The molecule has 4 N–H and O–H groups in total. The molecule has 0 bridgehead atoms. The lowest BCUT2D eigenvalue weighted by atomic mass is 9.77. The molecule has 4 heteroatoms. The predicted molar refractivity (Wildman–Crippen MR) is 68.4 cm³/mol. The highest BCUT2D eigenvalue weighted by Crippen LogP contribution is 2.36. The molecule has 4 nitrogen and oxygen atoms in total. The highest BCUT2D eigenvalue weighted by atomic mass is 16.5. The highest BCUT2D eigenvalue weighted by molar-refractivity contribution is 5.78. The van der Waals surface area contributed by atoms with Gasteiger partial charge in [0.25, 0.3) is 0 Å². The van der Waals surface area contributed by atoms with Crippen molar-refractivity contribution in [3.05, 3.63) is 0 Å². The number of ether oxygens (including phenoxy) is 1. The molecular weight excluding hydrogens is 216 g/mol. The predicted octanol–water partition coefficient (Wildman–Crippen LogP) is 1.56. The highest BCUT2D eigenvalue weighted by Gasteiger charge is 2.37. The van der Waals surface area contributed by atoms with Crippen LogP contribution in [0.1, 0.15) is 52.4 Å². The minimum Gasteiger partial charge on any atom is -0.367 e. The summed E-state index contributed by atoms with van der Waals surface area (Å²) in [6.07, 6.45) is 5.53. The molecule has 100 valence electrons. The number of hydrogen-bond acceptors (Lipinski definition) is 3. The molecule has 0 spiro atoms. The van der Waals surface area contributed by atoms with Crippen molar-refractivity contribution >= 4 is 5.91 Å². The second kappa shape index (κ2) is 6.36. The second-order valence-electron chi connectivity index (χ2n) is 5.16. The fourth-order valence-corrected chi connectivity index (χ4v) is 2.63. The Labute approximate surface area is 104 Å². The fraction of sp³-hybridized carbons (Fsp3) is 0.923. The molecule has 0 aromatic heterocycles. The van der Waals surface area contributed by atoms with Gasteiger partial charge in [0.1, 0.15) is 6.10 Å². The van der Waals surface area contributed by atoms with Crippen molar-refractivity contribution in [1.82, 2.24) is 0 Å². The first kappa shape index (κ1) is 14.5. The van der Waals surface area contributed by atoms with E-state index in [2.05, 4.69) is 6.92 Å². The van der Waals surface area contributed by atoms with Crippen LogP contribution in [0.2, 0.25) is 0 Å². The normalized spacial score (nSPS) is 31.1. The summed E-state index contributed by atoms with van der Waals surface area (Å²) in [5.41, 5.74) is 10.9. The Morgan fingerprint density at radius 2 is 2.00 bits per heavy atom. The number of carbonyl (C=O) groups excluding carboxylic acids is 1. The summed E-state index contributed by atoms with van der Waals surface area (Å²) in [7, 11) is 0. The Morgan fingerprint density at radius 1 is 1.41 bits per heavy atom. The molecule has 1 atom stereocenters. The maximum Gasteiger partial charge on any atom is 0.246 e. The first-order valence-electron chi connectivity index (χ1n) is 6.74. The van der Waals surface area contributed by atoms with Crippen LogP contribution < -0.4 is 11.5 Å². The van der Waals surface area contributed by atoms with Gasteiger partial charge in [0, 0.05) is 6.54 Å². The lowest BCUT2D eigenvalue weighted by molar-refractivity contribution is -0.150. The quantitative estimate of drug-likeness (QED) is 0.742. The van der Waals surface area contributed by atoms with Gasteiger partial charge in [-0.25, -0.2) is 0 Å². The number of carbonyl (C=O) groups is 1. The zero-order valence-electron chi connectivity index (χ0n) is 11.1. The topological polar surface area (TPSA) is 78.3 Å². The molecule has 1 rings (SSSR count). The smallest absolute Gasteiger partial charge is 0.246 e. The van der Waals surface area contributed by atoms with E-state index in [9.17, 15) is 4.79 Å². The Bertz CT molecular complexity index is 248. The van der Waals surface area contributed by atoms with Crippen molar-refractivity contribution in [3.63, 3.8) is 0 Å². The standard InChI is InChI=1S/C13H26N2O2/c1-3-10-5-7-13(9-14,8-6-10)17-11(4-2)12(15)16/h10-11H,3-9,14H2,1-2H3,(H2,15,16). The van der Waals surface area contributed by atoms with E-state index >= 15 is 0 Å². The summed E-state index contributed by atoms with van der Waals surface area (Å²) in [5.74, 6) is 0.407. The summed E-state index contributed by atoms with van der Waals surface area (Å²) in [5, 5.41) is 0. The lowest BCUT2D eigenvalue weighted by Gasteiger charge is -2.40. The van der Waals surface area contributed by atoms with E-state index in [1.165, 1.54) is 6.42 Å². The average molecular weight is 242 g/mol. The van der Waals surface area contributed by atoms with Crippen LogP contribution in [0.5, 0.6) is 0 Å². The van der Waals surface area contributed by atoms with Crippen molar-refractivity contribution < 1.29 is 9.53 Å². The summed E-state index contributed by atoms with van der Waals surface area (Å²) in [4.78, 5) is 11.2. The molecule has 0 aromatic carbocycles. The summed E-state index contributed by atoms with van der Waals surface area (Å²) >= 11 is 0. The Balaban J connectivity index is 2.61. The molecule has 0 radical (unpaired) electrons. The van der Waals surface area contributed by atoms with Gasteiger partial charge in [-0.05, 0) is 38.0 Å². The first-order valence-corrected chi connectivity index (χ1v) is 6.74. The van der Waals surface area contributed by atoms with E-state index in [0.29, 0.717) is 13.0 Å². The SMILES string of the molecule is CCC1CCC(CN)(OC(CC)C(N)=O)CC1. The summed E-state index contributed by atoms with van der Waals surface area (Å²) < 4.78 is 5.93. The average Bonchev–Trinajstić information content (AvgIpc) is 2.36. The largest absolute Gasteiger partial charge is 0.367 e. The van der Waals surface area contributed by atoms with E-state index in [-0.39, 0.29) is 11.5 Å². The first-order chi connectivity index (χ1) is 8.06. The van der Waals surface area contributed by atoms with Gasteiger partial charge in [-0.3, -0.25) is 4.79 Å². The van der Waals surface area contributed by atoms with Crippen molar-refractivity contribution in [3.8, 4) is 0 Å². The molecular formula is C13H26N2O2. The van der Waals surface area contributed by atoms with Gasteiger partial charge >= 0.3 is 0 Å². The molecule has 0 aliphatic heterocycles. The molecule has 1 saturated carbocycles. The third kappa shape index (κ3) is 3.68. The zero-order valence-corrected chi connectivity index (χ0v) is 11.1. The van der Waals surface area contributed by atoms with Crippen LogP contribution in [0.25, 0.3) is 0 Å². The van der Waals surface area contributed by atoms with Gasteiger partial charge < -0.3 is 16.2 Å². The van der Waals surface area contributed by atoms with Crippen LogP contribution in [-0.4, -0.2) is 24.2 Å². The maximum atomic E-state index is 11.2. The summed E-state index contributed by atoms with van der Waals surface area (Å²) in [6.45, 7) is 4.61. The van der Waals surface area contributed by atoms with Crippen LogP contribution in [0, 0.1) is 5.92 Å². The Hall–Kier alpha value is -0.610. The zero-order chi connectivity index (χ0) is 12.9. The van der Waals surface area contributed by atoms with E-state index in [1.54, 1.807) is 0 Å². The van der Waals surface area contributed by atoms with Gasteiger partial charge in [-0.15, -0.1) is 0 Å². The van der Waals surface area contributed by atoms with Gasteiger partial charge in [0.15, 0.2) is 0 Å². The summed E-state index contributed by atoms with van der Waals surface area (Å²) in [6, 6.07) is 0. The molecule has 1 amide bonds. The van der Waals surface area contributed by atoms with Gasteiger partial charge in [0.2, 0.25) is 5.91 Å². The van der Waals surface area contributed by atoms with Crippen LogP contribution >= 0.6 is 0 Å². The van der Waals surface area contributed by atoms with E-state index < -0.39 is 6.10 Å². The van der Waals surface area contributed by atoms with Crippen molar-refractivity contribution in [1.29, 1.82) is 0 Å². The van der Waals surface area contributed by atoms with E-state index in [0.717, 1.165) is 31.6 Å². The molecule has 1 aliphatic rings. The number of rotatable bonds is 6. The minimum absolute atomic E-state index is 0.318. The van der Waals surface area contributed by atoms with Crippen molar-refractivity contribution in [2.24, 2.45) is 17.4 Å². The molecule has 0 saturated heterocycles. The Kier molecular flexibility index (Phi) is 5.40. The molecule has 0 aromatic rings. The number of nitrogens with two attached hydrogens (primary N) is 2.